The highest BCUT2D eigenvalue weighted by molar-refractivity contribution is 7.99. The minimum absolute atomic E-state index is 0.0385. The van der Waals surface area contributed by atoms with Crippen LogP contribution in [0.5, 0.6) is 0 Å². The molecule has 0 spiro atoms. The Morgan fingerprint density at radius 2 is 2.14 bits per heavy atom. The Balaban J connectivity index is 1.84. The van der Waals surface area contributed by atoms with Crippen LogP contribution < -0.4 is 0 Å². The van der Waals surface area contributed by atoms with Gasteiger partial charge >= 0.3 is 0 Å². The number of aryl methyl sites for hydroxylation is 2. The van der Waals surface area contributed by atoms with E-state index in [9.17, 15) is 9.90 Å². The standard InChI is InChI=1S/C15H24N2O3S/c1-11-14(12(2)20-16-11)9-21-10-15(19)17(7-8-18)13-5-3-4-6-13/h13,18H,3-10H2,1-2H3. The Morgan fingerprint density at radius 3 is 2.71 bits per heavy atom. The zero-order valence-electron chi connectivity index (χ0n) is 12.8. The van der Waals surface area contributed by atoms with Gasteiger partial charge in [-0.05, 0) is 26.7 Å². The predicted molar refractivity (Wildman–Crippen MR) is 83.2 cm³/mol. The molecule has 0 saturated heterocycles. The molecule has 0 aromatic carbocycles. The van der Waals surface area contributed by atoms with Crippen LogP contribution in [-0.2, 0) is 10.5 Å². The van der Waals surface area contributed by atoms with Crippen LogP contribution in [-0.4, -0.2) is 46.0 Å². The number of aliphatic hydroxyl groups is 1. The number of carbonyl (C=O) groups is 1. The Morgan fingerprint density at radius 1 is 1.43 bits per heavy atom. The van der Waals surface area contributed by atoms with Crippen LogP contribution in [0.2, 0.25) is 0 Å². The van der Waals surface area contributed by atoms with Crippen molar-refractivity contribution in [2.45, 2.75) is 51.3 Å². The van der Waals surface area contributed by atoms with Crippen molar-refractivity contribution in [1.29, 1.82) is 0 Å². The molecule has 0 bridgehead atoms. The van der Waals surface area contributed by atoms with Gasteiger partial charge in [0.05, 0.1) is 18.1 Å². The lowest BCUT2D eigenvalue weighted by Gasteiger charge is -2.28. The van der Waals surface area contributed by atoms with E-state index in [1.54, 1.807) is 11.8 Å². The monoisotopic (exact) mass is 312 g/mol. The van der Waals surface area contributed by atoms with Crippen molar-refractivity contribution in [2.24, 2.45) is 0 Å². The normalized spacial score (nSPS) is 15.6. The maximum atomic E-state index is 12.4. The van der Waals surface area contributed by atoms with Crippen molar-refractivity contribution in [1.82, 2.24) is 10.1 Å². The largest absolute Gasteiger partial charge is 0.395 e. The van der Waals surface area contributed by atoms with Gasteiger partial charge in [0.2, 0.25) is 5.91 Å². The molecule has 0 atom stereocenters. The van der Waals surface area contributed by atoms with Crippen LogP contribution in [0, 0.1) is 13.8 Å². The molecule has 1 aromatic rings. The Kier molecular flexibility index (Phi) is 6.11. The molecule has 0 unspecified atom stereocenters. The average Bonchev–Trinajstić information content (AvgIpc) is 3.09. The zero-order valence-corrected chi connectivity index (χ0v) is 13.6. The first-order chi connectivity index (χ1) is 10.1. The van der Waals surface area contributed by atoms with Crippen LogP contribution in [0.1, 0.15) is 42.7 Å². The lowest BCUT2D eigenvalue weighted by atomic mass is 10.2. The minimum atomic E-state index is 0.0385. The van der Waals surface area contributed by atoms with Crippen molar-refractivity contribution < 1.29 is 14.4 Å². The molecular formula is C15H24N2O3S. The average molecular weight is 312 g/mol. The van der Waals surface area contributed by atoms with Crippen molar-refractivity contribution >= 4 is 17.7 Å². The number of thioether (sulfide) groups is 1. The third-order valence-corrected chi connectivity index (χ3v) is 5.02. The topological polar surface area (TPSA) is 66.6 Å². The molecule has 0 radical (unpaired) electrons. The van der Waals surface area contributed by atoms with Gasteiger partial charge in [0.25, 0.3) is 0 Å². The molecule has 6 heteroatoms. The second-order valence-electron chi connectivity index (χ2n) is 5.54. The lowest BCUT2D eigenvalue weighted by Crippen LogP contribution is -2.41. The quantitative estimate of drug-likeness (QED) is 0.837. The fourth-order valence-electron chi connectivity index (χ4n) is 2.87. The molecule has 1 aromatic heterocycles. The molecule has 1 heterocycles. The smallest absolute Gasteiger partial charge is 0.232 e. The summed E-state index contributed by atoms with van der Waals surface area (Å²) in [4.78, 5) is 14.2. The van der Waals surface area contributed by atoms with E-state index >= 15 is 0 Å². The van der Waals surface area contributed by atoms with Crippen LogP contribution in [0.3, 0.4) is 0 Å². The molecule has 2 rings (SSSR count). The Bertz CT molecular complexity index is 450. The van der Waals surface area contributed by atoms with Crippen LogP contribution in [0.4, 0.5) is 0 Å². The number of aromatic nitrogens is 1. The van der Waals surface area contributed by atoms with E-state index in [4.69, 9.17) is 4.52 Å². The van der Waals surface area contributed by atoms with Gasteiger partial charge < -0.3 is 14.5 Å². The molecule has 118 valence electrons. The maximum absolute atomic E-state index is 12.4. The summed E-state index contributed by atoms with van der Waals surface area (Å²) in [6.45, 7) is 4.31. The molecule has 1 aliphatic carbocycles. The Labute approximate surface area is 130 Å². The number of nitrogens with zero attached hydrogens (tertiary/aromatic N) is 2. The number of amides is 1. The SMILES string of the molecule is Cc1noc(C)c1CSCC(=O)N(CCO)C1CCCC1. The fourth-order valence-corrected chi connectivity index (χ4v) is 3.92. The molecule has 1 N–H and O–H groups in total. The van der Waals surface area contributed by atoms with E-state index < -0.39 is 0 Å². The van der Waals surface area contributed by atoms with Gasteiger partial charge in [0, 0.05) is 23.9 Å². The Hall–Kier alpha value is -1.01. The summed E-state index contributed by atoms with van der Waals surface area (Å²) in [5.41, 5.74) is 1.98. The van der Waals surface area contributed by atoms with Gasteiger partial charge in [0.1, 0.15) is 5.76 Å². The fraction of sp³-hybridized carbons (Fsp3) is 0.733. The van der Waals surface area contributed by atoms with Gasteiger partial charge in [-0.3, -0.25) is 4.79 Å². The van der Waals surface area contributed by atoms with Crippen molar-refractivity contribution in [3.63, 3.8) is 0 Å². The predicted octanol–water partition coefficient (Wildman–Crippen LogP) is 2.29. The highest BCUT2D eigenvalue weighted by Crippen LogP contribution is 2.25. The molecule has 1 saturated carbocycles. The van der Waals surface area contributed by atoms with E-state index in [2.05, 4.69) is 5.16 Å². The highest BCUT2D eigenvalue weighted by atomic mass is 32.2. The van der Waals surface area contributed by atoms with Gasteiger partial charge in [-0.1, -0.05) is 18.0 Å². The van der Waals surface area contributed by atoms with Gasteiger partial charge in [0.15, 0.2) is 0 Å². The summed E-state index contributed by atoms with van der Waals surface area (Å²) in [5, 5.41) is 13.1. The first-order valence-electron chi connectivity index (χ1n) is 7.53. The summed E-state index contributed by atoms with van der Waals surface area (Å²) in [6.07, 6.45) is 4.51. The second-order valence-corrected chi connectivity index (χ2v) is 6.53. The van der Waals surface area contributed by atoms with Gasteiger partial charge in [-0.2, -0.15) is 0 Å². The first-order valence-corrected chi connectivity index (χ1v) is 8.68. The first kappa shape index (κ1) is 16.4. The molecule has 1 aliphatic rings. The van der Waals surface area contributed by atoms with Crippen molar-refractivity contribution in [3.05, 3.63) is 17.0 Å². The van der Waals surface area contributed by atoms with E-state index in [1.165, 1.54) is 12.8 Å². The lowest BCUT2D eigenvalue weighted by molar-refractivity contribution is -0.131. The van der Waals surface area contributed by atoms with E-state index in [0.717, 1.165) is 35.6 Å². The summed E-state index contributed by atoms with van der Waals surface area (Å²) in [7, 11) is 0. The molecular weight excluding hydrogens is 288 g/mol. The summed E-state index contributed by atoms with van der Waals surface area (Å²) in [6, 6.07) is 0.323. The number of rotatable bonds is 7. The zero-order chi connectivity index (χ0) is 15.2. The third-order valence-electron chi connectivity index (χ3n) is 4.08. The van der Waals surface area contributed by atoms with Crippen molar-refractivity contribution in [3.8, 4) is 0 Å². The summed E-state index contributed by atoms with van der Waals surface area (Å²) in [5.74, 6) is 2.15. The molecule has 0 aliphatic heterocycles. The summed E-state index contributed by atoms with van der Waals surface area (Å²) < 4.78 is 5.13. The van der Waals surface area contributed by atoms with Gasteiger partial charge in [-0.25, -0.2) is 0 Å². The van der Waals surface area contributed by atoms with Gasteiger partial charge in [-0.15, -0.1) is 11.8 Å². The van der Waals surface area contributed by atoms with Crippen LogP contribution >= 0.6 is 11.8 Å². The number of hydrogen-bond acceptors (Lipinski definition) is 5. The van der Waals surface area contributed by atoms with E-state index in [1.807, 2.05) is 18.7 Å². The third kappa shape index (κ3) is 4.23. The van der Waals surface area contributed by atoms with E-state index in [0.29, 0.717) is 18.3 Å². The molecule has 5 nitrogen and oxygen atoms in total. The summed E-state index contributed by atoms with van der Waals surface area (Å²) >= 11 is 1.59. The highest BCUT2D eigenvalue weighted by Gasteiger charge is 2.26. The molecule has 1 amide bonds. The number of aliphatic hydroxyl groups excluding tert-OH is 1. The molecule has 1 fully saturated rings. The molecule has 21 heavy (non-hydrogen) atoms. The second kappa shape index (κ2) is 7.84. The van der Waals surface area contributed by atoms with E-state index in [-0.39, 0.29) is 12.5 Å². The number of carbonyl (C=O) groups excluding carboxylic acids is 1. The minimum Gasteiger partial charge on any atom is -0.395 e. The van der Waals surface area contributed by atoms with Crippen LogP contribution in [0.25, 0.3) is 0 Å². The number of hydrogen-bond donors (Lipinski definition) is 1. The maximum Gasteiger partial charge on any atom is 0.232 e. The van der Waals surface area contributed by atoms with Crippen LogP contribution in [0.15, 0.2) is 4.52 Å². The van der Waals surface area contributed by atoms with Crippen molar-refractivity contribution in [2.75, 3.05) is 18.9 Å².